The van der Waals surface area contributed by atoms with Crippen LogP contribution in [0.25, 0.3) is 0 Å². The minimum atomic E-state index is -0.861. The van der Waals surface area contributed by atoms with Crippen LogP contribution in [-0.2, 0) is 4.84 Å². The fourth-order valence-electron chi connectivity index (χ4n) is 1.70. The first-order valence-electron chi connectivity index (χ1n) is 6.44. The minimum Gasteiger partial charge on any atom is -0.380 e. The van der Waals surface area contributed by atoms with Crippen LogP contribution >= 0.6 is 11.6 Å². The summed E-state index contributed by atoms with van der Waals surface area (Å²) in [4.78, 5) is 26.6. The summed E-state index contributed by atoms with van der Waals surface area (Å²) in [6.45, 7) is 1.92. The third-order valence-electron chi connectivity index (χ3n) is 2.96. The summed E-state index contributed by atoms with van der Waals surface area (Å²) >= 11 is 5.83. The molecule has 0 fully saturated rings. The maximum absolute atomic E-state index is 11.9. The Hall–Kier alpha value is -2.93. The van der Waals surface area contributed by atoms with Gasteiger partial charge in [-0.1, -0.05) is 46.6 Å². The molecule has 2 aromatic carbocycles. The van der Waals surface area contributed by atoms with Crippen molar-refractivity contribution in [1.29, 1.82) is 0 Å². The second-order valence-corrected chi connectivity index (χ2v) is 5.05. The molecule has 0 bridgehead atoms. The topological polar surface area (TPSA) is 108 Å². The Bertz CT molecular complexity index is 788. The molecule has 0 aliphatic rings. The van der Waals surface area contributed by atoms with Crippen LogP contribution in [0, 0.1) is 17.0 Å². The molecule has 0 aliphatic heterocycles. The number of amidine groups is 1. The maximum atomic E-state index is 11.9. The summed E-state index contributed by atoms with van der Waals surface area (Å²) in [5, 5.41) is 14.1. The van der Waals surface area contributed by atoms with E-state index >= 15 is 0 Å². The summed E-state index contributed by atoms with van der Waals surface area (Å²) in [5.74, 6) is -0.837. The van der Waals surface area contributed by atoms with Crippen LogP contribution in [0.1, 0.15) is 21.5 Å². The van der Waals surface area contributed by atoms with Crippen molar-refractivity contribution in [2.45, 2.75) is 6.92 Å². The van der Waals surface area contributed by atoms with Crippen LogP contribution in [0.3, 0.4) is 0 Å². The first-order chi connectivity index (χ1) is 10.9. The molecule has 0 aliphatic carbocycles. The molecular weight excluding hydrogens is 322 g/mol. The second-order valence-electron chi connectivity index (χ2n) is 4.64. The minimum absolute atomic E-state index is 0.0244. The second kappa shape index (κ2) is 6.89. The number of oxime groups is 1. The normalized spacial score (nSPS) is 11.1. The monoisotopic (exact) mass is 333 g/mol. The van der Waals surface area contributed by atoms with Crippen molar-refractivity contribution in [2.24, 2.45) is 10.9 Å². The zero-order valence-electron chi connectivity index (χ0n) is 12.0. The van der Waals surface area contributed by atoms with Gasteiger partial charge in [0, 0.05) is 17.7 Å². The van der Waals surface area contributed by atoms with E-state index in [9.17, 15) is 14.9 Å². The van der Waals surface area contributed by atoms with Gasteiger partial charge in [-0.2, -0.15) is 0 Å². The van der Waals surface area contributed by atoms with E-state index in [0.717, 1.165) is 17.7 Å². The van der Waals surface area contributed by atoms with Gasteiger partial charge in [0.05, 0.1) is 15.5 Å². The van der Waals surface area contributed by atoms with Crippen LogP contribution in [0.4, 0.5) is 5.69 Å². The lowest BCUT2D eigenvalue weighted by molar-refractivity contribution is -0.384. The van der Waals surface area contributed by atoms with Gasteiger partial charge < -0.3 is 10.6 Å². The molecule has 8 heteroatoms. The number of hydrogen-bond donors (Lipinski definition) is 1. The zero-order chi connectivity index (χ0) is 17.0. The summed E-state index contributed by atoms with van der Waals surface area (Å²) in [6.07, 6.45) is 0. The number of hydrogen-bond acceptors (Lipinski definition) is 5. The molecule has 2 aromatic rings. The molecule has 7 nitrogen and oxygen atoms in total. The molecule has 23 heavy (non-hydrogen) atoms. The number of nitro groups is 1. The average Bonchev–Trinajstić information content (AvgIpc) is 2.52. The zero-order valence-corrected chi connectivity index (χ0v) is 12.8. The van der Waals surface area contributed by atoms with Gasteiger partial charge >= 0.3 is 5.97 Å². The SMILES string of the molecule is Cc1ccc(/C(N)=N/OC(=O)c2ccc([N+](=O)[O-])cc2Cl)cc1. The summed E-state index contributed by atoms with van der Waals surface area (Å²) < 4.78 is 0. The number of non-ortho nitro benzene ring substituents is 1. The summed E-state index contributed by atoms with van der Waals surface area (Å²) in [5.41, 5.74) is 7.10. The first kappa shape index (κ1) is 16.4. The Labute approximate surface area is 136 Å². The predicted octanol–water partition coefficient (Wildman–Crippen LogP) is 3.03. The number of benzene rings is 2. The van der Waals surface area contributed by atoms with E-state index in [4.69, 9.17) is 22.2 Å². The number of nitro benzene ring substituents is 1. The molecule has 0 spiro atoms. The van der Waals surface area contributed by atoms with Crippen LogP contribution in [-0.4, -0.2) is 16.7 Å². The van der Waals surface area contributed by atoms with E-state index < -0.39 is 10.9 Å². The van der Waals surface area contributed by atoms with Crippen LogP contribution in [0.5, 0.6) is 0 Å². The van der Waals surface area contributed by atoms with Crippen LogP contribution in [0.15, 0.2) is 47.6 Å². The number of aryl methyl sites for hydroxylation is 1. The van der Waals surface area contributed by atoms with Gasteiger partial charge in [0.2, 0.25) is 0 Å². The van der Waals surface area contributed by atoms with Crippen molar-refractivity contribution in [3.8, 4) is 0 Å². The molecule has 0 aromatic heterocycles. The van der Waals surface area contributed by atoms with Crippen molar-refractivity contribution in [3.05, 3.63) is 74.3 Å². The van der Waals surface area contributed by atoms with Gasteiger partial charge in [-0.05, 0) is 13.0 Å². The van der Waals surface area contributed by atoms with E-state index in [1.165, 1.54) is 6.07 Å². The van der Waals surface area contributed by atoms with Crippen molar-refractivity contribution >= 4 is 29.1 Å². The highest BCUT2D eigenvalue weighted by atomic mass is 35.5. The molecule has 0 saturated heterocycles. The third kappa shape index (κ3) is 4.04. The highest BCUT2D eigenvalue weighted by Gasteiger charge is 2.16. The number of halogens is 1. The van der Waals surface area contributed by atoms with Gasteiger partial charge in [-0.3, -0.25) is 10.1 Å². The molecule has 0 unspecified atom stereocenters. The average molecular weight is 334 g/mol. The highest BCUT2D eigenvalue weighted by molar-refractivity contribution is 6.33. The van der Waals surface area contributed by atoms with E-state index in [1.54, 1.807) is 12.1 Å². The molecule has 0 saturated carbocycles. The molecule has 0 heterocycles. The molecule has 0 radical (unpaired) electrons. The van der Waals surface area contributed by atoms with Crippen molar-refractivity contribution in [3.63, 3.8) is 0 Å². The molecule has 118 valence electrons. The largest absolute Gasteiger partial charge is 0.380 e. The predicted molar refractivity (Wildman–Crippen MR) is 85.4 cm³/mol. The number of rotatable bonds is 4. The number of carbonyl (C=O) groups excluding carboxylic acids is 1. The fraction of sp³-hybridized carbons (Fsp3) is 0.0667. The van der Waals surface area contributed by atoms with Gasteiger partial charge in [0.1, 0.15) is 0 Å². The summed E-state index contributed by atoms with van der Waals surface area (Å²) in [6, 6.07) is 10.6. The Morgan fingerprint density at radius 2 is 1.91 bits per heavy atom. The molecule has 2 N–H and O–H groups in total. The standard InChI is InChI=1S/C15H12ClN3O4/c1-9-2-4-10(5-3-9)14(17)18-23-15(20)12-7-6-11(19(21)22)8-13(12)16/h2-8H,1H3,(H2,17,18). The fourth-order valence-corrected chi connectivity index (χ4v) is 1.95. The van der Waals surface area contributed by atoms with Crippen molar-refractivity contribution < 1.29 is 14.6 Å². The van der Waals surface area contributed by atoms with Crippen LogP contribution in [0.2, 0.25) is 5.02 Å². The third-order valence-corrected chi connectivity index (χ3v) is 3.27. The Balaban J connectivity index is 2.14. The lowest BCUT2D eigenvalue weighted by Gasteiger charge is -2.03. The van der Waals surface area contributed by atoms with E-state index in [0.29, 0.717) is 5.56 Å². The molecule has 0 amide bonds. The van der Waals surface area contributed by atoms with E-state index in [2.05, 4.69) is 5.16 Å². The highest BCUT2D eigenvalue weighted by Crippen LogP contribution is 2.23. The van der Waals surface area contributed by atoms with Gasteiger partial charge in [-0.25, -0.2) is 4.79 Å². The maximum Gasteiger partial charge on any atom is 0.367 e. The van der Waals surface area contributed by atoms with Gasteiger partial charge in [0.15, 0.2) is 5.84 Å². The summed E-state index contributed by atoms with van der Waals surface area (Å²) in [7, 11) is 0. The van der Waals surface area contributed by atoms with Crippen molar-refractivity contribution in [1.82, 2.24) is 0 Å². The smallest absolute Gasteiger partial charge is 0.367 e. The lowest BCUT2D eigenvalue weighted by atomic mass is 10.1. The first-order valence-corrected chi connectivity index (χ1v) is 6.82. The number of carbonyl (C=O) groups is 1. The Kier molecular flexibility index (Phi) is 4.92. The number of nitrogens with two attached hydrogens (primary N) is 1. The van der Waals surface area contributed by atoms with Crippen molar-refractivity contribution in [2.75, 3.05) is 0 Å². The van der Waals surface area contributed by atoms with Crippen LogP contribution < -0.4 is 5.73 Å². The quantitative estimate of drug-likeness (QED) is 0.304. The lowest BCUT2D eigenvalue weighted by Crippen LogP contribution is -2.15. The Morgan fingerprint density at radius 3 is 2.48 bits per heavy atom. The van der Waals surface area contributed by atoms with Gasteiger partial charge in [0.25, 0.3) is 5.69 Å². The molecule has 2 rings (SSSR count). The van der Waals surface area contributed by atoms with E-state index in [-0.39, 0.29) is 22.1 Å². The van der Waals surface area contributed by atoms with E-state index in [1.807, 2.05) is 19.1 Å². The molecule has 0 atom stereocenters. The number of nitrogens with zero attached hydrogens (tertiary/aromatic N) is 2. The molecular formula is C15H12ClN3O4. The Morgan fingerprint density at radius 1 is 1.26 bits per heavy atom. The van der Waals surface area contributed by atoms with Gasteiger partial charge in [-0.15, -0.1) is 0 Å².